The van der Waals surface area contributed by atoms with Crippen LogP contribution in [0.5, 0.6) is 0 Å². The summed E-state index contributed by atoms with van der Waals surface area (Å²) >= 11 is 1.90. The highest BCUT2D eigenvalue weighted by Crippen LogP contribution is 2.35. The summed E-state index contributed by atoms with van der Waals surface area (Å²) < 4.78 is 0. The first-order chi connectivity index (χ1) is 9.20. The Balaban J connectivity index is 1.78. The van der Waals surface area contributed by atoms with Crippen molar-refractivity contribution in [3.8, 4) is 0 Å². The third kappa shape index (κ3) is 4.32. The van der Waals surface area contributed by atoms with Crippen molar-refractivity contribution >= 4 is 11.3 Å². The first-order valence-electron chi connectivity index (χ1n) is 7.90. The Hall–Kier alpha value is -0.340. The van der Waals surface area contributed by atoms with E-state index in [1.807, 2.05) is 11.3 Å². The molecule has 1 aromatic rings. The topological polar surface area (TPSA) is 12.0 Å². The maximum atomic E-state index is 3.58. The number of rotatable bonds is 6. The molecule has 0 saturated heterocycles. The van der Waals surface area contributed by atoms with Gasteiger partial charge in [0.05, 0.1) is 0 Å². The zero-order valence-corrected chi connectivity index (χ0v) is 13.5. The zero-order chi connectivity index (χ0) is 13.7. The van der Waals surface area contributed by atoms with Crippen LogP contribution in [0.4, 0.5) is 0 Å². The lowest BCUT2D eigenvalue weighted by Crippen LogP contribution is -2.36. The van der Waals surface area contributed by atoms with Gasteiger partial charge in [0.25, 0.3) is 0 Å². The van der Waals surface area contributed by atoms with E-state index in [2.05, 4.69) is 43.7 Å². The molecule has 108 valence electrons. The molecule has 1 N–H and O–H groups in total. The molecule has 1 aromatic heterocycles. The molecule has 1 unspecified atom stereocenters. The molecule has 0 aromatic carbocycles. The SMILES string of the molecule is CNC(CCc1cccs1)C1CCC(C(C)C)CC1. The highest BCUT2D eigenvalue weighted by molar-refractivity contribution is 7.09. The van der Waals surface area contributed by atoms with Crippen LogP contribution in [-0.4, -0.2) is 13.1 Å². The van der Waals surface area contributed by atoms with Gasteiger partial charge in [0, 0.05) is 10.9 Å². The van der Waals surface area contributed by atoms with Crippen molar-refractivity contribution in [3.63, 3.8) is 0 Å². The van der Waals surface area contributed by atoms with E-state index in [1.165, 1.54) is 43.4 Å². The molecule has 19 heavy (non-hydrogen) atoms. The second-order valence-electron chi connectivity index (χ2n) is 6.43. The fraction of sp³-hybridized carbons (Fsp3) is 0.765. The van der Waals surface area contributed by atoms with Gasteiger partial charge in [-0.25, -0.2) is 0 Å². The maximum Gasteiger partial charge on any atom is 0.00957 e. The van der Waals surface area contributed by atoms with Gasteiger partial charge in [0.2, 0.25) is 0 Å². The monoisotopic (exact) mass is 279 g/mol. The molecule has 0 aliphatic heterocycles. The average Bonchev–Trinajstić information content (AvgIpc) is 2.93. The van der Waals surface area contributed by atoms with Crippen LogP contribution in [0.25, 0.3) is 0 Å². The van der Waals surface area contributed by atoms with Crippen LogP contribution < -0.4 is 5.32 Å². The number of thiophene rings is 1. The summed E-state index contributed by atoms with van der Waals surface area (Å²) in [6.45, 7) is 4.77. The van der Waals surface area contributed by atoms with Crippen LogP contribution in [0.1, 0.15) is 50.8 Å². The summed E-state index contributed by atoms with van der Waals surface area (Å²) in [4.78, 5) is 1.54. The number of hydrogen-bond acceptors (Lipinski definition) is 2. The van der Waals surface area contributed by atoms with E-state index in [9.17, 15) is 0 Å². The third-order valence-corrected chi connectivity index (χ3v) is 5.92. The molecule has 2 rings (SSSR count). The Morgan fingerprint density at radius 1 is 1.21 bits per heavy atom. The van der Waals surface area contributed by atoms with Crippen molar-refractivity contribution in [1.82, 2.24) is 5.32 Å². The molecular weight excluding hydrogens is 250 g/mol. The summed E-state index contributed by atoms with van der Waals surface area (Å²) in [5.41, 5.74) is 0. The predicted octanol–water partition coefficient (Wildman–Crippen LogP) is 4.73. The molecule has 2 heteroatoms. The van der Waals surface area contributed by atoms with Gasteiger partial charge in [-0.05, 0) is 74.8 Å². The van der Waals surface area contributed by atoms with Gasteiger partial charge < -0.3 is 5.32 Å². The fourth-order valence-electron chi connectivity index (χ4n) is 3.58. The van der Waals surface area contributed by atoms with Crippen molar-refractivity contribution in [2.45, 2.75) is 58.4 Å². The van der Waals surface area contributed by atoms with E-state index in [0.717, 1.165) is 23.8 Å². The molecule has 1 heterocycles. The lowest BCUT2D eigenvalue weighted by Gasteiger charge is -2.35. The number of aryl methyl sites for hydroxylation is 1. The summed E-state index contributed by atoms with van der Waals surface area (Å²) in [6, 6.07) is 5.16. The van der Waals surface area contributed by atoms with Crippen molar-refractivity contribution in [2.75, 3.05) is 7.05 Å². The summed E-state index contributed by atoms with van der Waals surface area (Å²) in [5.74, 6) is 2.76. The minimum Gasteiger partial charge on any atom is -0.317 e. The van der Waals surface area contributed by atoms with Crippen LogP contribution in [0.3, 0.4) is 0 Å². The second kappa shape index (κ2) is 7.44. The summed E-state index contributed by atoms with van der Waals surface area (Å²) in [7, 11) is 2.15. The Morgan fingerprint density at radius 2 is 1.89 bits per heavy atom. The highest BCUT2D eigenvalue weighted by atomic mass is 32.1. The van der Waals surface area contributed by atoms with Crippen molar-refractivity contribution in [2.24, 2.45) is 17.8 Å². The molecule has 0 spiro atoms. The maximum absolute atomic E-state index is 3.58. The zero-order valence-electron chi connectivity index (χ0n) is 12.7. The molecule has 1 nitrogen and oxygen atoms in total. The molecule has 1 saturated carbocycles. The summed E-state index contributed by atoms with van der Waals surface area (Å²) in [5, 5.41) is 5.77. The van der Waals surface area contributed by atoms with E-state index >= 15 is 0 Å². The van der Waals surface area contributed by atoms with Gasteiger partial charge >= 0.3 is 0 Å². The Morgan fingerprint density at radius 3 is 2.42 bits per heavy atom. The average molecular weight is 279 g/mol. The Labute approximate surface area is 122 Å². The van der Waals surface area contributed by atoms with E-state index in [0.29, 0.717) is 0 Å². The lowest BCUT2D eigenvalue weighted by atomic mass is 9.74. The van der Waals surface area contributed by atoms with Crippen molar-refractivity contribution < 1.29 is 0 Å². The summed E-state index contributed by atoms with van der Waals surface area (Å²) in [6.07, 6.45) is 8.29. The molecule has 1 aliphatic rings. The molecule has 1 atom stereocenters. The van der Waals surface area contributed by atoms with Gasteiger partial charge in [-0.1, -0.05) is 19.9 Å². The molecule has 0 radical (unpaired) electrons. The first-order valence-corrected chi connectivity index (χ1v) is 8.78. The Bertz CT molecular complexity index is 336. The van der Waals surface area contributed by atoms with E-state index in [1.54, 1.807) is 0 Å². The van der Waals surface area contributed by atoms with Gasteiger partial charge in [0.1, 0.15) is 0 Å². The van der Waals surface area contributed by atoms with Crippen LogP contribution in [0, 0.1) is 17.8 Å². The number of hydrogen-bond donors (Lipinski definition) is 1. The molecule has 1 fully saturated rings. The van der Waals surface area contributed by atoms with Crippen LogP contribution in [-0.2, 0) is 6.42 Å². The smallest absolute Gasteiger partial charge is 0.00957 e. The van der Waals surface area contributed by atoms with Crippen LogP contribution in [0.2, 0.25) is 0 Å². The minimum absolute atomic E-state index is 0.718. The molecule has 0 bridgehead atoms. The van der Waals surface area contributed by atoms with Gasteiger partial charge in [-0.2, -0.15) is 0 Å². The normalized spacial score (nSPS) is 25.7. The molecular formula is C17H29NS. The van der Waals surface area contributed by atoms with Crippen LogP contribution >= 0.6 is 11.3 Å². The van der Waals surface area contributed by atoms with Gasteiger partial charge in [-0.3, -0.25) is 0 Å². The molecule has 0 amide bonds. The van der Waals surface area contributed by atoms with Crippen molar-refractivity contribution in [1.29, 1.82) is 0 Å². The second-order valence-corrected chi connectivity index (χ2v) is 7.46. The van der Waals surface area contributed by atoms with E-state index in [-0.39, 0.29) is 0 Å². The largest absolute Gasteiger partial charge is 0.317 e. The predicted molar refractivity (Wildman–Crippen MR) is 85.8 cm³/mol. The van der Waals surface area contributed by atoms with E-state index < -0.39 is 0 Å². The van der Waals surface area contributed by atoms with E-state index in [4.69, 9.17) is 0 Å². The lowest BCUT2D eigenvalue weighted by molar-refractivity contribution is 0.188. The Kier molecular flexibility index (Phi) is 5.90. The molecule has 1 aliphatic carbocycles. The fourth-order valence-corrected chi connectivity index (χ4v) is 4.31. The third-order valence-electron chi connectivity index (χ3n) is 4.98. The standard InChI is InChI=1S/C17H29NS/c1-13(2)14-6-8-15(9-7-14)17(18-3)11-10-16-5-4-12-19-16/h4-5,12-15,17-18H,6-11H2,1-3H3. The number of nitrogens with one attached hydrogen (secondary N) is 1. The van der Waals surface area contributed by atoms with Crippen LogP contribution in [0.15, 0.2) is 17.5 Å². The minimum atomic E-state index is 0.718. The first kappa shape index (κ1) is 15.1. The highest BCUT2D eigenvalue weighted by Gasteiger charge is 2.27. The van der Waals surface area contributed by atoms with Gasteiger partial charge in [-0.15, -0.1) is 11.3 Å². The quantitative estimate of drug-likeness (QED) is 0.793. The van der Waals surface area contributed by atoms with Gasteiger partial charge in [0.15, 0.2) is 0 Å². The van der Waals surface area contributed by atoms with Crippen molar-refractivity contribution in [3.05, 3.63) is 22.4 Å².